The van der Waals surface area contributed by atoms with Gasteiger partial charge in [-0.2, -0.15) is 13.2 Å². The van der Waals surface area contributed by atoms with Gasteiger partial charge in [0.2, 0.25) is 0 Å². The molecule has 1 N–H and O–H groups in total. The van der Waals surface area contributed by atoms with Crippen molar-refractivity contribution in [3.05, 3.63) is 100 Å². The Balaban J connectivity index is 1.62. The van der Waals surface area contributed by atoms with E-state index in [4.69, 9.17) is 9.84 Å². The van der Waals surface area contributed by atoms with Gasteiger partial charge in [0.1, 0.15) is 11.9 Å². The molecule has 2 unspecified atom stereocenters. The van der Waals surface area contributed by atoms with Gasteiger partial charge in [-0.15, -0.1) is 0 Å². The van der Waals surface area contributed by atoms with Crippen molar-refractivity contribution in [2.24, 2.45) is 0 Å². The Morgan fingerprint density at radius 1 is 1.08 bits per heavy atom. The molecule has 1 heterocycles. The molecular weight excluding hydrogens is 478 g/mol. The van der Waals surface area contributed by atoms with Crippen LogP contribution in [0.3, 0.4) is 0 Å². The molecule has 3 aromatic rings. The molecule has 9 heteroatoms. The van der Waals surface area contributed by atoms with E-state index in [0.29, 0.717) is 12.0 Å². The third-order valence-electron chi connectivity index (χ3n) is 6.54. The maximum Gasteiger partial charge on any atom is 0.416 e. The first-order valence-electron chi connectivity index (χ1n) is 11.1. The van der Waals surface area contributed by atoms with E-state index < -0.39 is 35.7 Å². The fourth-order valence-electron chi connectivity index (χ4n) is 5.01. The van der Waals surface area contributed by atoms with E-state index in [2.05, 4.69) is 0 Å². The third-order valence-corrected chi connectivity index (χ3v) is 6.54. The largest absolute Gasteiger partial charge is 0.481 e. The van der Waals surface area contributed by atoms with Crippen LogP contribution in [0.15, 0.2) is 66.5 Å². The minimum atomic E-state index is -4.65. The second kappa shape index (κ2) is 8.84. The highest BCUT2D eigenvalue weighted by molar-refractivity contribution is 5.74. The Hall–Kier alpha value is -4.10. The first-order valence-corrected chi connectivity index (χ1v) is 11.1. The van der Waals surface area contributed by atoms with Crippen molar-refractivity contribution in [2.45, 2.75) is 37.7 Å². The number of hydrogen-bond acceptors (Lipinski definition) is 4. The number of aliphatic carboxylic acids is 1. The number of benzene rings is 3. The molecule has 2 atom stereocenters. The summed E-state index contributed by atoms with van der Waals surface area (Å²) in [5, 5.41) is 9.11. The van der Waals surface area contributed by atoms with Crippen molar-refractivity contribution in [1.82, 2.24) is 4.90 Å². The molecule has 1 saturated heterocycles. The average Bonchev–Trinajstić information content (AvgIpc) is 3.35. The number of hydrogen-bond donors (Lipinski definition) is 1. The van der Waals surface area contributed by atoms with Gasteiger partial charge in [0.15, 0.2) is 5.94 Å². The summed E-state index contributed by atoms with van der Waals surface area (Å²) in [5.41, 5.74) is 1.52. The van der Waals surface area contributed by atoms with Gasteiger partial charge in [0, 0.05) is 18.5 Å². The van der Waals surface area contributed by atoms with E-state index in [1.807, 2.05) is 24.3 Å². The molecule has 3 aromatic carbocycles. The summed E-state index contributed by atoms with van der Waals surface area (Å²) in [7, 11) is 0. The van der Waals surface area contributed by atoms with Crippen molar-refractivity contribution >= 4 is 11.9 Å². The van der Waals surface area contributed by atoms with Crippen LogP contribution in [0.2, 0.25) is 0 Å². The molecule has 184 valence electrons. The highest BCUT2D eigenvalue weighted by atomic mass is 19.4. The van der Waals surface area contributed by atoms with Crippen LogP contribution in [0.5, 0.6) is 0 Å². The van der Waals surface area contributed by atoms with Crippen molar-refractivity contribution in [3.8, 4) is 11.1 Å². The molecule has 0 spiro atoms. The smallest absolute Gasteiger partial charge is 0.416 e. The van der Waals surface area contributed by atoms with Crippen molar-refractivity contribution < 1.29 is 37.0 Å². The lowest BCUT2D eigenvalue weighted by molar-refractivity contribution is -0.138. The minimum Gasteiger partial charge on any atom is -0.481 e. The van der Waals surface area contributed by atoms with E-state index in [0.717, 1.165) is 29.3 Å². The lowest BCUT2D eigenvalue weighted by Crippen LogP contribution is -2.24. The number of nitrogens with zero attached hydrogens (tertiary/aromatic N) is 1. The number of carbonyl (C=O) groups is 1. The number of fused-ring (bicyclic) bond motifs is 3. The highest BCUT2D eigenvalue weighted by Gasteiger charge is 2.46. The monoisotopic (exact) mass is 497 g/mol. The van der Waals surface area contributed by atoms with Gasteiger partial charge in [0.25, 0.3) is 5.88 Å². The van der Waals surface area contributed by atoms with Crippen LogP contribution in [0, 0.1) is 5.82 Å². The summed E-state index contributed by atoms with van der Waals surface area (Å²) < 4.78 is 61.5. The summed E-state index contributed by atoms with van der Waals surface area (Å²) in [5.74, 6) is -0.208. The van der Waals surface area contributed by atoms with Gasteiger partial charge in [-0.25, -0.2) is 9.18 Å². The summed E-state index contributed by atoms with van der Waals surface area (Å²) in [6, 6.07) is 13.8. The zero-order valence-electron chi connectivity index (χ0n) is 18.7. The Bertz CT molecular complexity index is 1410. The van der Waals surface area contributed by atoms with Gasteiger partial charge < -0.3 is 14.7 Å². The summed E-state index contributed by atoms with van der Waals surface area (Å²) in [6.07, 6.45) is -4.89. The van der Waals surface area contributed by atoms with Crippen LogP contribution in [0.1, 0.15) is 33.9 Å². The average molecular weight is 497 g/mol. The molecule has 0 bridgehead atoms. The second-order valence-electron chi connectivity index (χ2n) is 8.79. The SMILES string of the molecule is O=C=C1OC2Cc3ccccc3C2N1Cc1cc(C(F)(F)F)ccc1-c1cc(CC(=O)O)ccc1F. The fraction of sp³-hybridized carbons (Fsp3) is 0.222. The lowest BCUT2D eigenvalue weighted by Gasteiger charge is -2.25. The summed E-state index contributed by atoms with van der Waals surface area (Å²) in [4.78, 5) is 24.4. The van der Waals surface area contributed by atoms with Crippen molar-refractivity contribution in [2.75, 3.05) is 0 Å². The molecule has 2 aliphatic rings. The zero-order chi connectivity index (χ0) is 25.6. The Kier molecular flexibility index (Phi) is 5.80. The maximum atomic E-state index is 14.9. The molecule has 1 fully saturated rings. The van der Waals surface area contributed by atoms with Crippen LogP contribution in [0.25, 0.3) is 11.1 Å². The molecule has 5 nitrogen and oxygen atoms in total. The maximum absolute atomic E-state index is 14.9. The fourth-order valence-corrected chi connectivity index (χ4v) is 5.01. The van der Waals surface area contributed by atoms with E-state index in [1.165, 1.54) is 18.2 Å². The topological polar surface area (TPSA) is 66.8 Å². The molecule has 1 aliphatic heterocycles. The van der Waals surface area contributed by atoms with Crippen LogP contribution in [-0.4, -0.2) is 28.0 Å². The van der Waals surface area contributed by atoms with Crippen molar-refractivity contribution in [1.29, 1.82) is 0 Å². The molecule has 36 heavy (non-hydrogen) atoms. The number of halogens is 4. The zero-order valence-corrected chi connectivity index (χ0v) is 18.7. The molecule has 0 radical (unpaired) electrons. The second-order valence-corrected chi connectivity index (χ2v) is 8.79. The first-order chi connectivity index (χ1) is 17.2. The van der Waals surface area contributed by atoms with Crippen LogP contribution >= 0.6 is 0 Å². The minimum absolute atomic E-state index is 0.0300. The third kappa shape index (κ3) is 4.22. The van der Waals surface area contributed by atoms with Crippen LogP contribution in [-0.2, 0) is 39.9 Å². The summed E-state index contributed by atoms with van der Waals surface area (Å²) >= 11 is 0. The highest BCUT2D eigenvalue weighted by Crippen LogP contribution is 2.46. The molecule has 5 rings (SSSR count). The van der Waals surface area contributed by atoms with Crippen molar-refractivity contribution in [3.63, 3.8) is 0 Å². The normalized spacial score (nSPS) is 18.4. The van der Waals surface area contributed by atoms with Gasteiger partial charge >= 0.3 is 12.1 Å². The number of carboxylic acids is 1. The number of ether oxygens (including phenoxy) is 1. The Morgan fingerprint density at radius 2 is 1.86 bits per heavy atom. The van der Waals surface area contributed by atoms with Crippen LogP contribution in [0.4, 0.5) is 17.6 Å². The standard InChI is InChI=1S/C27H19F4NO4/c28-22-8-5-15(10-25(34)35)9-21(22)19-7-6-18(27(29,30)31)11-17(19)13-32-24(14-33)36-23-12-16-3-1-2-4-20(16)26(23)32/h1-9,11,23,26H,10,12-13H2,(H,34,35). The van der Waals surface area contributed by atoms with E-state index in [9.17, 15) is 27.2 Å². The van der Waals surface area contributed by atoms with Crippen LogP contribution < -0.4 is 0 Å². The predicted molar refractivity (Wildman–Crippen MR) is 121 cm³/mol. The Morgan fingerprint density at radius 3 is 2.58 bits per heavy atom. The molecule has 0 saturated carbocycles. The van der Waals surface area contributed by atoms with E-state index in [1.54, 1.807) is 10.8 Å². The van der Waals surface area contributed by atoms with Gasteiger partial charge in [0.05, 0.1) is 18.0 Å². The number of carboxylic acid groups (broad SMARTS) is 1. The molecular formula is C27H19F4NO4. The molecule has 1 aliphatic carbocycles. The Labute approximate surface area is 203 Å². The number of rotatable bonds is 5. The van der Waals surface area contributed by atoms with E-state index in [-0.39, 0.29) is 35.5 Å². The van der Waals surface area contributed by atoms with Gasteiger partial charge in [-0.3, -0.25) is 4.79 Å². The lowest BCUT2D eigenvalue weighted by atomic mass is 9.94. The summed E-state index contributed by atoms with van der Waals surface area (Å²) in [6.45, 7) is -0.179. The molecule has 0 amide bonds. The molecule has 0 aromatic heterocycles. The first kappa shape index (κ1) is 23.6. The quantitative estimate of drug-likeness (QED) is 0.382. The number of alkyl halides is 3. The number of carbonyl (C=O) groups excluding carboxylic acids is 1. The van der Waals surface area contributed by atoms with E-state index >= 15 is 0 Å². The predicted octanol–water partition coefficient (Wildman–Crippen LogP) is 5.31. The van der Waals surface area contributed by atoms with Gasteiger partial charge in [-0.1, -0.05) is 36.4 Å². The van der Waals surface area contributed by atoms with Gasteiger partial charge in [-0.05, 0) is 52.1 Å².